The Morgan fingerprint density at radius 3 is 2.90 bits per heavy atom. The second-order valence-corrected chi connectivity index (χ2v) is 6.87. The van der Waals surface area contributed by atoms with Gasteiger partial charge in [0.15, 0.2) is 0 Å². The molecule has 1 unspecified atom stereocenters. The van der Waals surface area contributed by atoms with Crippen molar-refractivity contribution in [3.05, 3.63) is 28.1 Å². The fourth-order valence-corrected chi connectivity index (χ4v) is 3.31. The highest BCUT2D eigenvalue weighted by molar-refractivity contribution is 7.12. The molecule has 0 fully saturated rings. The Morgan fingerprint density at radius 2 is 2.20 bits per heavy atom. The summed E-state index contributed by atoms with van der Waals surface area (Å²) in [5.41, 5.74) is 3.33. The molecule has 0 saturated heterocycles. The molecule has 0 bridgehead atoms. The number of nitrogens with one attached hydrogen (secondary N) is 1. The van der Waals surface area contributed by atoms with E-state index in [1.54, 1.807) is 11.3 Å². The lowest BCUT2D eigenvalue weighted by Gasteiger charge is -2.25. The molecular formula is C16H20N2OS. The van der Waals surface area contributed by atoms with Crippen molar-refractivity contribution in [1.82, 2.24) is 4.98 Å². The lowest BCUT2D eigenvalue weighted by molar-refractivity contribution is 0.226. The molecule has 1 aliphatic rings. The van der Waals surface area contributed by atoms with Crippen LogP contribution in [0.5, 0.6) is 5.75 Å². The highest BCUT2D eigenvalue weighted by atomic mass is 32.1. The number of anilines is 1. The first-order valence-electron chi connectivity index (χ1n) is 7.07. The van der Waals surface area contributed by atoms with Gasteiger partial charge in [-0.25, -0.2) is 4.98 Å². The lowest BCUT2D eigenvalue weighted by atomic mass is 10.1. The topological polar surface area (TPSA) is 34.2 Å². The molecule has 0 saturated carbocycles. The molecule has 20 heavy (non-hydrogen) atoms. The number of aromatic nitrogens is 1. The number of nitrogens with zero attached hydrogens (tertiary/aromatic N) is 1. The van der Waals surface area contributed by atoms with E-state index in [0.717, 1.165) is 29.2 Å². The Hall–Kier alpha value is -1.55. The molecule has 4 heteroatoms. The van der Waals surface area contributed by atoms with Crippen LogP contribution in [0.1, 0.15) is 36.6 Å². The van der Waals surface area contributed by atoms with Gasteiger partial charge in [0.2, 0.25) is 0 Å². The van der Waals surface area contributed by atoms with Crippen molar-refractivity contribution in [3.8, 4) is 17.0 Å². The fraction of sp³-hybridized carbons (Fsp3) is 0.438. The van der Waals surface area contributed by atoms with Gasteiger partial charge in [0.1, 0.15) is 11.9 Å². The summed E-state index contributed by atoms with van der Waals surface area (Å²) >= 11 is 1.79. The normalized spacial score (nSPS) is 17.6. The van der Waals surface area contributed by atoms with Crippen LogP contribution in [0.3, 0.4) is 0 Å². The maximum absolute atomic E-state index is 5.82. The predicted molar refractivity (Wildman–Crippen MR) is 85.0 cm³/mol. The van der Waals surface area contributed by atoms with Gasteiger partial charge in [-0.1, -0.05) is 13.8 Å². The van der Waals surface area contributed by atoms with Crippen LogP contribution < -0.4 is 10.1 Å². The van der Waals surface area contributed by atoms with Crippen molar-refractivity contribution in [3.63, 3.8) is 0 Å². The minimum atomic E-state index is 0.224. The second-order valence-electron chi connectivity index (χ2n) is 5.63. The molecule has 0 spiro atoms. The zero-order valence-corrected chi connectivity index (χ0v) is 13.2. The van der Waals surface area contributed by atoms with Gasteiger partial charge in [0.05, 0.1) is 22.9 Å². The molecule has 1 aliphatic heterocycles. The molecule has 2 aromatic rings. The second kappa shape index (κ2) is 5.09. The van der Waals surface area contributed by atoms with Crippen molar-refractivity contribution in [1.29, 1.82) is 0 Å². The van der Waals surface area contributed by atoms with Crippen LogP contribution in [-0.2, 0) is 0 Å². The van der Waals surface area contributed by atoms with Crippen LogP contribution in [0.4, 0.5) is 5.69 Å². The van der Waals surface area contributed by atoms with Crippen molar-refractivity contribution >= 4 is 17.0 Å². The number of fused-ring (bicyclic) bond motifs is 1. The summed E-state index contributed by atoms with van der Waals surface area (Å²) in [5, 5.41) is 4.62. The molecule has 1 aromatic carbocycles. The summed E-state index contributed by atoms with van der Waals surface area (Å²) in [6.07, 6.45) is 0.224. The minimum Gasteiger partial charge on any atom is -0.487 e. The molecule has 1 N–H and O–H groups in total. The first kappa shape index (κ1) is 13.4. The Kier molecular flexibility index (Phi) is 3.42. The maximum atomic E-state index is 5.82. The number of rotatable bonds is 2. The van der Waals surface area contributed by atoms with Crippen LogP contribution in [0.15, 0.2) is 18.2 Å². The first-order valence-corrected chi connectivity index (χ1v) is 7.88. The van der Waals surface area contributed by atoms with Gasteiger partial charge in [-0.2, -0.15) is 0 Å². The smallest absolute Gasteiger partial charge is 0.142 e. The molecule has 0 radical (unpaired) electrons. The molecule has 2 heterocycles. The molecule has 1 aromatic heterocycles. The summed E-state index contributed by atoms with van der Waals surface area (Å²) in [7, 11) is 0. The number of hydrogen-bond acceptors (Lipinski definition) is 4. The van der Waals surface area contributed by atoms with Crippen LogP contribution >= 0.6 is 11.3 Å². The largest absolute Gasteiger partial charge is 0.487 e. The Labute approximate surface area is 124 Å². The minimum absolute atomic E-state index is 0.224. The van der Waals surface area contributed by atoms with Crippen LogP contribution in [0, 0.1) is 6.92 Å². The van der Waals surface area contributed by atoms with Crippen LogP contribution in [0.25, 0.3) is 11.3 Å². The van der Waals surface area contributed by atoms with E-state index in [9.17, 15) is 0 Å². The van der Waals surface area contributed by atoms with Crippen molar-refractivity contribution in [2.45, 2.75) is 39.7 Å². The van der Waals surface area contributed by atoms with E-state index in [2.05, 4.69) is 45.1 Å². The number of benzene rings is 1. The van der Waals surface area contributed by atoms with Crippen LogP contribution in [0.2, 0.25) is 0 Å². The molecule has 3 nitrogen and oxygen atoms in total. The number of aryl methyl sites for hydroxylation is 1. The highest BCUT2D eigenvalue weighted by Gasteiger charge is 2.18. The quantitative estimate of drug-likeness (QED) is 0.887. The summed E-state index contributed by atoms with van der Waals surface area (Å²) in [6.45, 7) is 9.44. The van der Waals surface area contributed by atoms with Crippen molar-refractivity contribution in [2.24, 2.45) is 0 Å². The number of hydrogen-bond donors (Lipinski definition) is 1. The molecule has 3 rings (SSSR count). The fourth-order valence-electron chi connectivity index (χ4n) is 2.36. The third kappa shape index (κ3) is 2.40. The van der Waals surface area contributed by atoms with Gasteiger partial charge in [0.25, 0.3) is 0 Å². The first-order chi connectivity index (χ1) is 9.54. The lowest BCUT2D eigenvalue weighted by Crippen LogP contribution is -2.27. The molecule has 106 valence electrons. The van der Waals surface area contributed by atoms with E-state index in [-0.39, 0.29) is 6.10 Å². The van der Waals surface area contributed by atoms with Crippen molar-refractivity contribution < 1.29 is 4.74 Å². The average Bonchev–Trinajstić information content (AvgIpc) is 2.80. The average molecular weight is 288 g/mol. The van der Waals surface area contributed by atoms with E-state index in [1.165, 1.54) is 9.88 Å². The molecule has 0 amide bonds. The Morgan fingerprint density at radius 1 is 1.40 bits per heavy atom. The summed E-state index contributed by atoms with van der Waals surface area (Å²) in [5.74, 6) is 1.41. The number of ether oxygens (including phenoxy) is 1. The van der Waals surface area contributed by atoms with Gasteiger partial charge in [-0.15, -0.1) is 11.3 Å². The zero-order chi connectivity index (χ0) is 14.3. The van der Waals surface area contributed by atoms with E-state index < -0.39 is 0 Å². The van der Waals surface area contributed by atoms with E-state index in [0.29, 0.717) is 5.92 Å². The predicted octanol–water partition coefficient (Wildman–Crippen LogP) is 4.43. The van der Waals surface area contributed by atoms with E-state index >= 15 is 0 Å². The molecule has 0 aliphatic carbocycles. The maximum Gasteiger partial charge on any atom is 0.142 e. The SMILES string of the molecule is Cc1sc(C(C)C)nc1-c1ccc2c(c1)NCC(C)O2. The van der Waals surface area contributed by atoms with E-state index in [1.807, 2.05) is 6.07 Å². The van der Waals surface area contributed by atoms with E-state index in [4.69, 9.17) is 9.72 Å². The van der Waals surface area contributed by atoms with Gasteiger partial charge in [-0.3, -0.25) is 0 Å². The van der Waals surface area contributed by atoms with Gasteiger partial charge >= 0.3 is 0 Å². The monoisotopic (exact) mass is 288 g/mol. The zero-order valence-electron chi connectivity index (χ0n) is 12.4. The van der Waals surface area contributed by atoms with Gasteiger partial charge < -0.3 is 10.1 Å². The molecule has 1 atom stereocenters. The third-order valence-electron chi connectivity index (χ3n) is 3.47. The Balaban J connectivity index is 1.99. The standard InChI is InChI=1S/C16H20N2OS/c1-9(2)16-18-15(11(4)20-16)12-5-6-14-13(7-12)17-8-10(3)19-14/h5-7,9-10,17H,8H2,1-4H3. The number of thiazole rings is 1. The van der Waals surface area contributed by atoms with Gasteiger partial charge in [-0.05, 0) is 32.0 Å². The highest BCUT2D eigenvalue weighted by Crippen LogP contribution is 2.36. The van der Waals surface area contributed by atoms with Crippen molar-refractivity contribution in [2.75, 3.05) is 11.9 Å². The molecular weight excluding hydrogens is 268 g/mol. The van der Waals surface area contributed by atoms with Gasteiger partial charge in [0, 0.05) is 16.4 Å². The van der Waals surface area contributed by atoms with Crippen LogP contribution in [-0.4, -0.2) is 17.6 Å². The summed E-state index contributed by atoms with van der Waals surface area (Å²) in [6, 6.07) is 6.29. The summed E-state index contributed by atoms with van der Waals surface area (Å²) in [4.78, 5) is 6.07. The summed E-state index contributed by atoms with van der Waals surface area (Å²) < 4.78 is 5.82. The Bertz CT molecular complexity index is 633. The third-order valence-corrected chi connectivity index (χ3v) is 4.74.